The average Bonchev–Trinajstić information content (AvgIpc) is 2.72. The van der Waals surface area contributed by atoms with Crippen molar-refractivity contribution in [1.29, 1.82) is 0 Å². The quantitative estimate of drug-likeness (QED) is 0.447. The zero-order valence-electron chi connectivity index (χ0n) is 23.2. The molecule has 4 N–H and O–H groups in total. The SMILES string of the molecule is CCC(C)N(C(=O)C(CCC(N)=O)NC(=O)OC(C)(C)C)C(C(=O)NC(C)(C)C)c1ccccc1C. The van der Waals surface area contributed by atoms with Crippen molar-refractivity contribution in [1.82, 2.24) is 15.5 Å². The van der Waals surface area contributed by atoms with Crippen LogP contribution in [0.4, 0.5) is 4.79 Å². The summed E-state index contributed by atoms with van der Waals surface area (Å²) < 4.78 is 5.35. The molecule has 1 rings (SSSR count). The van der Waals surface area contributed by atoms with Crippen molar-refractivity contribution in [2.75, 3.05) is 0 Å². The largest absolute Gasteiger partial charge is 0.444 e. The molecular weight excluding hydrogens is 460 g/mol. The van der Waals surface area contributed by atoms with Crippen molar-refractivity contribution in [3.05, 3.63) is 35.4 Å². The van der Waals surface area contributed by atoms with E-state index in [0.29, 0.717) is 12.0 Å². The van der Waals surface area contributed by atoms with Crippen LogP contribution in [0.15, 0.2) is 24.3 Å². The highest BCUT2D eigenvalue weighted by molar-refractivity contribution is 5.93. The summed E-state index contributed by atoms with van der Waals surface area (Å²) in [5.74, 6) is -1.43. The minimum Gasteiger partial charge on any atom is -0.444 e. The third kappa shape index (κ3) is 9.87. The summed E-state index contributed by atoms with van der Waals surface area (Å²) in [4.78, 5) is 53.4. The highest BCUT2D eigenvalue weighted by Gasteiger charge is 2.39. The molecule has 0 heterocycles. The zero-order valence-corrected chi connectivity index (χ0v) is 23.2. The predicted molar refractivity (Wildman–Crippen MR) is 140 cm³/mol. The van der Waals surface area contributed by atoms with E-state index in [1.807, 2.05) is 65.8 Å². The third-order valence-electron chi connectivity index (χ3n) is 5.50. The monoisotopic (exact) mass is 504 g/mol. The lowest BCUT2D eigenvalue weighted by atomic mass is 9.94. The van der Waals surface area contributed by atoms with Crippen molar-refractivity contribution < 1.29 is 23.9 Å². The fraction of sp³-hybridized carbons (Fsp3) is 0.630. The summed E-state index contributed by atoms with van der Waals surface area (Å²) in [5.41, 5.74) is 5.56. The van der Waals surface area contributed by atoms with Crippen LogP contribution >= 0.6 is 0 Å². The Balaban J connectivity index is 3.59. The van der Waals surface area contributed by atoms with Gasteiger partial charge in [0.05, 0.1) is 0 Å². The standard InChI is InChI=1S/C27H44N4O5/c1-10-18(3)31(22(23(33)30-26(4,5)6)19-14-12-11-13-17(19)2)24(34)20(15-16-21(28)32)29-25(35)36-27(7,8)9/h11-14,18,20,22H,10,15-16H2,1-9H3,(H2,28,32)(H,29,35)(H,30,33). The van der Waals surface area contributed by atoms with Gasteiger partial charge in [-0.25, -0.2) is 4.79 Å². The van der Waals surface area contributed by atoms with E-state index in [2.05, 4.69) is 10.6 Å². The molecule has 1 aromatic rings. The summed E-state index contributed by atoms with van der Waals surface area (Å²) in [6.45, 7) is 16.4. The number of aryl methyl sites for hydroxylation is 1. The van der Waals surface area contributed by atoms with Gasteiger partial charge >= 0.3 is 6.09 Å². The van der Waals surface area contributed by atoms with Gasteiger partial charge in [0.2, 0.25) is 17.7 Å². The Labute approximate surface area is 215 Å². The van der Waals surface area contributed by atoms with E-state index in [1.54, 1.807) is 20.8 Å². The molecule has 202 valence electrons. The van der Waals surface area contributed by atoms with Crippen LogP contribution in [0, 0.1) is 6.92 Å². The van der Waals surface area contributed by atoms with Crippen LogP contribution in [-0.2, 0) is 19.1 Å². The number of primary amides is 1. The summed E-state index contributed by atoms with van der Waals surface area (Å²) in [7, 11) is 0. The van der Waals surface area contributed by atoms with E-state index < -0.39 is 41.1 Å². The van der Waals surface area contributed by atoms with Crippen molar-refractivity contribution >= 4 is 23.8 Å². The van der Waals surface area contributed by atoms with Crippen molar-refractivity contribution in [3.63, 3.8) is 0 Å². The van der Waals surface area contributed by atoms with E-state index in [1.165, 1.54) is 4.90 Å². The van der Waals surface area contributed by atoms with E-state index in [-0.39, 0.29) is 24.8 Å². The van der Waals surface area contributed by atoms with Gasteiger partial charge in [0.25, 0.3) is 0 Å². The first-order valence-corrected chi connectivity index (χ1v) is 12.4. The van der Waals surface area contributed by atoms with Crippen LogP contribution in [0.1, 0.15) is 91.8 Å². The second-order valence-electron chi connectivity index (χ2n) is 11.2. The molecule has 0 spiro atoms. The average molecular weight is 505 g/mol. The number of amides is 4. The maximum absolute atomic E-state index is 14.1. The van der Waals surface area contributed by atoms with Crippen LogP contribution in [0.3, 0.4) is 0 Å². The number of ether oxygens (including phenoxy) is 1. The van der Waals surface area contributed by atoms with Crippen LogP contribution in [-0.4, -0.2) is 51.9 Å². The smallest absolute Gasteiger partial charge is 0.408 e. The maximum Gasteiger partial charge on any atom is 0.408 e. The van der Waals surface area contributed by atoms with Crippen LogP contribution in [0.5, 0.6) is 0 Å². The molecule has 1 aromatic carbocycles. The molecule has 0 aliphatic carbocycles. The third-order valence-corrected chi connectivity index (χ3v) is 5.50. The first-order chi connectivity index (χ1) is 16.5. The van der Waals surface area contributed by atoms with Crippen LogP contribution < -0.4 is 16.4 Å². The van der Waals surface area contributed by atoms with Gasteiger partial charge in [-0.3, -0.25) is 14.4 Å². The molecule has 0 aliphatic heterocycles. The number of carbonyl (C=O) groups is 4. The van der Waals surface area contributed by atoms with Gasteiger partial charge < -0.3 is 26.0 Å². The zero-order chi connectivity index (χ0) is 27.8. The summed E-state index contributed by atoms with van der Waals surface area (Å²) in [6.07, 6.45) is -0.377. The van der Waals surface area contributed by atoms with E-state index in [9.17, 15) is 19.2 Å². The topological polar surface area (TPSA) is 131 Å². The number of nitrogens with one attached hydrogen (secondary N) is 2. The lowest BCUT2D eigenvalue weighted by molar-refractivity contribution is -0.146. The number of carbonyl (C=O) groups excluding carboxylic acids is 4. The summed E-state index contributed by atoms with van der Waals surface area (Å²) in [6, 6.07) is 4.97. The normalized spacial score (nSPS) is 14.2. The minimum absolute atomic E-state index is 0.0261. The molecule has 0 bridgehead atoms. The molecule has 0 fully saturated rings. The molecule has 3 unspecified atom stereocenters. The predicted octanol–water partition coefficient (Wildman–Crippen LogP) is 3.74. The number of hydrogen-bond acceptors (Lipinski definition) is 5. The molecular formula is C27H44N4O5. The molecule has 4 amide bonds. The Morgan fingerprint density at radius 2 is 1.64 bits per heavy atom. The number of nitrogens with two attached hydrogens (primary N) is 1. The van der Waals surface area contributed by atoms with Gasteiger partial charge in [0, 0.05) is 18.0 Å². The molecule has 0 radical (unpaired) electrons. The molecule has 9 nitrogen and oxygen atoms in total. The lowest BCUT2D eigenvalue weighted by Gasteiger charge is -2.39. The maximum atomic E-state index is 14.1. The van der Waals surface area contributed by atoms with Gasteiger partial charge in [0.1, 0.15) is 17.7 Å². The van der Waals surface area contributed by atoms with Gasteiger partial charge in [-0.15, -0.1) is 0 Å². The Hall–Kier alpha value is -3.10. The number of rotatable bonds is 10. The van der Waals surface area contributed by atoms with E-state index in [4.69, 9.17) is 10.5 Å². The Morgan fingerprint density at radius 3 is 2.11 bits per heavy atom. The minimum atomic E-state index is -1.12. The van der Waals surface area contributed by atoms with Crippen molar-refractivity contribution in [2.45, 2.75) is 111 Å². The van der Waals surface area contributed by atoms with Gasteiger partial charge in [-0.05, 0) is 79.4 Å². The first kappa shape index (κ1) is 30.9. The van der Waals surface area contributed by atoms with Crippen LogP contribution in [0.2, 0.25) is 0 Å². The molecule has 0 aliphatic rings. The molecule has 3 atom stereocenters. The van der Waals surface area contributed by atoms with Crippen molar-refractivity contribution in [2.24, 2.45) is 5.73 Å². The number of hydrogen-bond donors (Lipinski definition) is 3. The number of benzene rings is 1. The fourth-order valence-corrected chi connectivity index (χ4v) is 3.72. The summed E-state index contributed by atoms with van der Waals surface area (Å²) >= 11 is 0. The second-order valence-corrected chi connectivity index (χ2v) is 11.2. The van der Waals surface area contributed by atoms with Gasteiger partial charge in [0.15, 0.2) is 0 Å². The first-order valence-electron chi connectivity index (χ1n) is 12.4. The second kappa shape index (κ2) is 12.7. The van der Waals surface area contributed by atoms with E-state index in [0.717, 1.165) is 5.56 Å². The molecule has 0 aromatic heterocycles. The fourth-order valence-electron chi connectivity index (χ4n) is 3.72. The molecule has 0 saturated carbocycles. The molecule has 0 saturated heterocycles. The Bertz CT molecular complexity index is 933. The lowest BCUT2D eigenvalue weighted by Crippen LogP contribution is -2.57. The van der Waals surface area contributed by atoms with E-state index >= 15 is 0 Å². The molecule has 36 heavy (non-hydrogen) atoms. The number of alkyl carbamates (subject to hydrolysis) is 1. The van der Waals surface area contributed by atoms with Gasteiger partial charge in [-0.1, -0.05) is 31.2 Å². The van der Waals surface area contributed by atoms with Crippen LogP contribution in [0.25, 0.3) is 0 Å². The van der Waals surface area contributed by atoms with Gasteiger partial charge in [-0.2, -0.15) is 0 Å². The van der Waals surface area contributed by atoms with Crippen molar-refractivity contribution in [3.8, 4) is 0 Å². The number of nitrogens with zero attached hydrogens (tertiary/aromatic N) is 1. The summed E-state index contributed by atoms with van der Waals surface area (Å²) in [5, 5.41) is 5.61. The highest BCUT2D eigenvalue weighted by atomic mass is 16.6. The Kier molecular flexibility index (Phi) is 10.9. The highest BCUT2D eigenvalue weighted by Crippen LogP contribution is 2.29. The molecule has 9 heteroatoms. The Morgan fingerprint density at radius 1 is 1.06 bits per heavy atom.